The topological polar surface area (TPSA) is 93.9 Å². The van der Waals surface area contributed by atoms with Gasteiger partial charge in [0.2, 0.25) is 5.91 Å². The highest BCUT2D eigenvalue weighted by molar-refractivity contribution is 5.98. The number of nitrogens with zero attached hydrogens (tertiary/aromatic N) is 2. The van der Waals surface area contributed by atoms with Crippen LogP contribution in [0.15, 0.2) is 60.8 Å². The number of fused-ring (bicyclic) bond motifs is 1. The van der Waals surface area contributed by atoms with Gasteiger partial charge in [-0.3, -0.25) is 14.9 Å². The van der Waals surface area contributed by atoms with Crippen LogP contribution in [-0.4, -0.2) is 28.2 Å². The largest absolute Gasteiger partial charge is 0.497 e. The first-order valence-corrected chi connectivity index (χ1v) is 8.51. The molecule has 2 aromatic carbocycles. The maximum Gasteiger partial charge on any atom is 0.248 e. The van der Waals surface area contributed by atoms with E-state index in [4.69, 9.17) is 10.5 Å². The molecule has 0 spiro atoms. The van der Waals surface area contributed by atoms with Gasteiger partial charge in [0.05, 0.1) is 18.3 Å². The molecule has 27 heavy (non-hydrogen) atoms. The fraction of sp³-hybridized carbons (Fsp3) is 0.0952. The average molecular weight is 358 g/mol. The van der Waals surface area contributed by atoms with Crippen LogP contribution in [0.25, 0.3) is 22.2 Å². The van der Waals surface area contributed by atoms with Gasteiger partial charge in [-0.15, -0.1) is 0 Å². The number of ether oxygens (including phenoxy) is 1. The Morgan fingerprint density at radius 2 is 1.96 bits per heavy atom. The Kier molecular flexibility index (Phi) is 4.30. The van der Waals surface area contributed by atoms with Gasteiger partial charge in [0.1, 0.15) is 5.75 Å². The molecule has 0 atom stereocenters. The van der Waals surface area contributed by atoms with Gasteiger partial charge in [-0.2, -0.15) is 5.10 Å². The van der Waals surface area contributed by atoms with Gasteiger partial charge in [0.25, 0.3) is 0 Å². The lowest BCUT2D eigenvalue weighted by Gasteiger charge is -2.07. The van der Waals surface area contributed by atoms with Crippen molar-refractivity contribution in [3.63, 3.8) is 0 Å². The van der Waals surface area contributed by atoms with Crippen molar-refractivity contribution in [1.29, 1.82) is 0 Å². The van der Waals surface area contributed by atoms with E-state index in [-0.39, 0.29) is 0 Å². The number of carbonyl (C=O) groups is 1. The molecule has 4 rings (SSSR count). The number of hydrogen-bond donors (Lipinski definition) is 2. The van der Waals surface area contributed by atoms with Gasteiger partial charge in [-0.05, 0) is 35.9 Å². The molecular formula is C21H18N4O2. The fourth-order valence-electron chi connectivity index (χ4n) is 3.14. The van der Waals surface area contributed by atoms with Crippen LogP contribution in [0.1, 0.15) is 21.6 Å². The highest BCUT2D eigenvalue weighted by Gasteiger charge is 2.14. The van der Waals surface area contributed by atoms with Gasteiger partial charge >= 0.3 is 0 Å². The van der Waals surface area contributed by atoms with E-state index >= 15 is 0 Å². The van der Waals surface area contributed by atoms with E-state index in [1.54, 1.807) is 31.5 Å². The molecule has 6 nitrogen and oxygen atoms in total. The van der Waals surface area contributed by atoms with Crippen molar-refractivity contribution >= 4 is 16.8 Å². The summed E-state index contributed by atoms with van der Waals surface area (Å²) >= 11 is 0. The Morgan fingerprint density at radius 3 is 2.70 bits per heavy atom. The molecule has 0 fully saturated rings. The lowest BCUT2D eigenvalue weighted by molar-refractivity contribution is 0.100. The predicted octanol–water partition coefficient (Wildman–Crippen LogP) is 3.32. The van der Waals surface area contributed by atoms with Gasteiger partial charge in [0.15, 0.2) is 0 Å². The van der Waals surface area contributed by atoms with Crippen molar-refractivity contribution in [2.45, 2.75) is 6.42 Å². The number of pyridine rings is 1. The molecule has 0 saturated carbocycles. The first-order valence-electron chi connectivity index (χ1n) is 8.51. The number of nitrogens with one attached hydrogen (secondary N) is 1. The van der Waals surface area contributed by atoms with Crippen molar-refractivity contribution in [1.82, 2.24) is 15.2 Å². The number of carbonyl (C=O) groups excluding carboxylic acids is 1. The van der Waals surface area contributed by atoms with Crippen LogP contribution in [0.3, 0.4) is 0 Å². The van der Waals surface area contributed by atoms with Crippen LogP contribution in [0.4, 0.5) is 0 Å². The molecule has 0 aliphatic heterocycles. The molecule has 2 heterocycles. The first-order chi connectivity index (χ1) is 13.2. The summed E-state index contributed by atoms with van der Waals surface area (Å²) in [7, 11) is 1.65. The van der Waals surface area contributed by atoms with E-state index < -0.39 is 5.91 Å². The van der Waals surface area contributed by atoms with E-state index in [9.17, 15) is 4.79 Å². The molecule has 0 saturated heterocycles. The molecule has 2 aromatic heterocycles. The summed E-state index contributed by atoms with van der Waals surface area (Å²) in [6, 6.07) is 17.0. The number of aromatic amines is 1. The Hall–Kier alpha value is -3.67. The molecule has 0 unspecified atom stereocenters. The van der Waals surface area contributed by atoms with Crippen molar-refractivity contribution in [3.8, 4) is 17.0 Å². The molecule has 4 aromatic rings. The lowest BCUT2D eigenvalue weighted by Crippen LogP contribution is -2.10. The van der Waals surface area contributed by atoms with Crippen LogP contribution in [0, 0.1) is 0 Å². The minimum absolute atomic E-state index is 0.450. The lowest BCUT2D eigenvalue weighted by atomic mass is 10.0. The third kappa shape index (κ3) is 3.25. The van der Waals surface area contributed by atoms with Crippen molar-refractivity contribution in [2.75, 3.05) is 7.11 Å². The summed E-state index contributed by atoms with van der Waals surface area (Å²) in [5.41, 5.74) is 10.4. The monoisotopic (exact) mass is 358 g/mol. The minimum Gasteiger partial charge on any atom is -0.497 e. The fourth-order valence-corrected chi connectivity index (χ4v) is 3.14. The number of benzene rings is 2. The standard InChI is InChI=1S/C21H18N4O2/c1-27-16-7-5-13(6-8-16)11-18-19-17(24-25-18)9-10-23-20(19)14-3-2-4-15(12-14)21(22)26/h2-10,12H,11H2,1H3,(H2,22,26)(H,24,25). The highest BCUT2D eigenvalue weighted by Crippen LogP contribution is 2.30. The number of aromatic nitrogens is 3. The van der Waals surface area contributed by atoms with Crippen LogP contribution >= 0.6 is 0 Å². The number of rotatable bonds is 5. The Morgan fingerprint density at radius 1 is 1.15 bits per heavy atom. The highest BCUT2D eigenvalue weighted by atomic mass is 16.5. The maximum atomic E-state index is 11.5. The summed E-state index contributed by atoms with van der Waals surface area (Å²) in [6.45, 7) is 0. The third-order valence-corrected chi connectivity index (χ3v) is 4.50. The quantitative estimate of drug-likeness (QED) is 0.572. The molecule has 3 N–H and O–H groups in total. The molecule has 0 aliphatic carbocycles. The molecule has 0 bridgehead atoms. The first kappa shape index (κ1) is 16.8. The average Bonchev–Trinajstić information content (AvgIpc) is 3.11. The van der Waals surface area contributed by atoms with Gasteiger partial charge in [-0.25, -0.2) is 0 Å². The van der Waals surface area contributed by atoms with E-state index in [0.717, 1.165) is 39.2 Å². The van der Waals surface area contributed by atoms with Crippen LogP contribution < -0.4 is 10.5 Å². The van der Waals surface area contributed by atoms with Crippen molar-refractivity contribution in [2.24, 2.45) is 5.73 Å². The van der Waals surface area contributed by atoms with Crippen LogP contribution in [-0.2, 0) is 6.42 Å². The second-order valence-corrected chi connectivity index (χ2v) is 6.23. The van der Waals surface area contributed by atoms with E-state index in [2.05, 4.69) is 15.2 Å². The summed E-state index contributed by atoms with van der Waals surface area (Å²) in [4.78, 5) is 16.1. The summed E-state index contributed by atoms with van der Waals surface area (Å²) in [5, 5.41) is 8.48. The SMILES string of the molecule is COc1ccc(Cc2[nH]nc3ccnc(-c4cccc(C(N)=O)c4)c23)cc1. The smallest absolute Gasteiger partial charge is 0.248 e. The number of nitrogens with two attached hydrogens (primary N) is 1. The zero-order valence-electron chi connectivity index (χ0n) is 14.8. The molecule has 1 amide bonds. The number of hydrogen-bond acceptors (Lipinski definition) is 4. The number of methoxy groups -OCH3 is 1. The van der Waals surface area contributed by atoms with Crippen molar-refractivity contribution in [3.05, 3.63) is 77.6 Å². The maximum absolute atomic E-state index is 11.5. The Bertz CT molecular complexity index is 1120. The number of H-pyrrole nitrogens is 1. The van der Waals surface area contributed by atoms with Crippen LogP contribution in [0.5, 0.6) is 5.75 Å². The van der Waals surface area contributed by atoms with E-state index in [1.807, 2.05) is 36.4 Å². The van der Waals surface area contributed by atoms with E-state index in [0.29, 0.717) is 12.0 Å². The Labute approximate surface area is 156 Å². The molecular weight excluding hydrogens is 340 g/mol. The van der Waals surface area contributed by atoms with Crippen LogP contribution in [0.2, 0.25) is 0 Å². The summed E-state index contributed by atoms with van der Waals surface area (Å²) in [5.74, 6) is 0.355. The normalized spacial score (nSPS) is 10.9. The number of primary amides is 1. The second kappa shape index (κ2) is 6.92. The third-order valence-electron chi connectivity index (χ3n) is 4.50. The second-order valence-electron chi connectivity index (χ2n) is 6.23. The summed E-state index contributed by atoms with van der Waals surface area (Å²) in [6.07, 6.45) is 2.39. The van der Waals surface area contributed by atoms with Gasteiger partial charge in [0, 0.05) is 34.8 Å². The summed E-state index contributed by atoms with van der Waals surface area (Å²) < 4.78 is 5.21. The van der Waals surface area contributed by atoms with Crippen molar-refractivity contribution < 1.29 is 9.53 Å². The molecule has 0 radical (unpaired) electrons. The number of amides is 1. The Balaban J connectivity index is 1.79. The zero-order valence-corrected chi connectivity index (χ0v) is 14.8. The van der Waals surface area contributed by atoms with Gasteiger partial charge < -0.3 is 10.5 Å². The predicted molar refractivity (Wildman–Crippen MR) is 104 cm³/mol. The molecule has 6 heteroatoms. The minimum atomic E-state index is -0.463. The molecule has 0 aliphatic rings. The van der Waals surface area contributed by atoms with E-state index in [1.165, 1.54) is 0 Å². The molecule has 134 valence electrons. The zero-order chi connectivity index (χ0) is 18.8. The van der Waals surface area contributed by atoms with Gasteiger partial charge in [-0.1, -0.05) is 24.3 Å².